The summed E-state index contributed by atoms with van der Waals surface area (Å²) < 4.78 is 27.0. The van der Waals surface area contributed by atoms with Crippen LogP contribution in [0.2, 0.25) is 0 Å². The van der Waals surface area contributed by atoms with Crippen molar-refractivity contribution in [2.75, 3.05) is 10.2 Å². The molecule has 0 bridgehead atoms. The quantitative estimate of drug-likeness (QED) is 0.377. The number of carbonyl (C=O) groups is 2. The molecular formula is C22H13F2N3O4. The summed E-state index contributed by atoms with van der Waals surface area (Å²) in [6.07, 6.45) is 0. The zero-order valence-corrected chi connectivity index (χ0v) is 15.7. The second-order valence-electron chi connectivity index (χ2n) is 6.61. The second-order valence-corrected chi connectivity index (χ2v) is 6.61. The smallest absolute Gasteiger partial charge is 0.282 e. The van der Waals surface area contributed by atoms with Gasteiger partial charge in [-0.1, -0.05) is 6.07 Å². The van der Waals surface area contributed by atoms with Crippen LogP contribution in [0.5, 0.6) is 0 Å². The van der Waals surface area contributed by atoms with Gasteiger partial charge < -0.3 is 5.32 Å². The van der Waals surface area contributed by atoms with Gasteiger partial charge in [0.15, 0.2) is 0 Å². The highest BCUT2D eigenvalue weighted by molar-refractivity contribution is 6.46. The van der Waals surface area contributed by atoms with Crippen molar-refractivity contribution < 1.29 is 23.3 Å². The van der Waals surface area contributed by atoms with Crippen LogP contribution in [0.3, 0.4) is 0 Å². The van der Waals surface area contributed by atoms with E-state index in [0.29, 0.717) is 5.69 Å². The highest BCUT2D eigenvalue weighted by atomic mass is 19.1. The summed E-state index contributed by atoms with van der Waals surface area (Å²) in [5.74, 6) is -2.58. The summed E-state index contributed by atoms with van der Waals surface area (Å²) in [5.41, 5.74) is 0.287. The first-order chi connectivity index (χ1) is 14.8. The number of hydrogen-bond acceptors (Lipinski definition) is 5. The molecule has 154 valence electrons. The molecule has 2 amide bonds. The predicted octanol–water partition coefficient (Wildman–Crippen LogP) is 4.27. The van der Waals surface area contributed by atoms with Crippen LogP contribution < -0.4 is 10.2 Å². The van der Waals surface area contributed by atoms with Gasteiger partial charge in [-0.25, -0.2) is 13.7 Å². The lowest BCUT2D eigenvalue weighted by Crippen LogP contribution is -2.32. The number of nitrogens with zero attached hydrogens (tertiary/aromatic N) is 2. The van der Waals surface area contributed by atoms with Crippen LogP contribution in [0.4, 0.5) is 25.8 Å². The summed E-state index contributed by atoms with van der Waals surface area (Å²) in [4.78, 5) is 37.5. The van der Waals surface area contributed by atoms with E-state index in [9.17, 15) is 28.5 Å². The maximum absolute atomic E-state index is 13.7. The zero-order valence-electron chi connectivity index (χ0n) is 15.7. The summed E-state index contributed by atoms with van der Waals surface area (Å²) in [7, 11) is 0. The van der Waals surface area contributed by atoms with Crippen LogP contribution in [-0.2, 0) is 9.59 Å². The third kappa shape index (κ3) is 3.76. The van der Waals surface area contributed by atoms with Crippen molar-refractivity contribution in [3.05, 3.63) is 106 Å². The molecule has 31 heavy (non-hydrogen) atoms. The van der Waals surface area contributed by atoms with Crippen molar-refractivity contribution in [3.63, 3.8) is 0 Å². The normalized spacial score (nSPS) is 13.7. The first kappa shape index (κ1) is 19.9. The van der Waals surface area contributed by atoms with Crippen LogP contribution in [0.1, 0.15) is 5.56 Å². The van der Waals surface area contributed by atoms with E-state index in [-0.39, 0.29) is 28.2 Å². The maximum atomic E-state index is 13.7. The molecule has 0 saturated carbocycles. The number of nitrogens with one attached hydrogen (secondary N) is 1. The number of hydrogen-bond donors (Lipinski definition) is 1. The van der Waals surface area contributed by atoms with Gasteiger partial charge in [-0.3, -0.25) is 19.7 Å². The topological polar surface area (TPSA) is 92.5 Å². The average Bonchev–Trinajstić information content (AvgIpc) is 2.99. The number of non-ortho nitro benzene ring substituents is 1. The van der Waals surface area contributed by atoms with Gasteiger partial charge in [0.2, 0.25) is 0 Å². The Morgan fingerprint density at radius 1 is 0.839 bits per heavy atom. The Kier molecular flexibility index (Phi) is 5.00. The summed E-state index contributed by atoms with van der Waals surface area (Å²) in [6.45, 7) is 0. The van der Waals surface area contributed by atoms with Gasteiger partial charge in [0.1, 0.15) is 17.3 Å². The molecule has 0 fully saturated rings. The fraction of sp³-hybridized carbons (Fsp3) is 0. The average molecular weight is 421 g/mol. The first-order valence-corrected chi connectivity index (χ1v) is 9.01. The maximum Gasteiger partial charge on any atom is 0.282 e. The number of anilines is 2. The van der Waals surface area contributed by atoms with E-state index in [1.54, 1.807) is 0 Å². The minimum Gasteiger partial charge on any atom is -0.350 e. The van der Waals surface area contributed by atoms with Crippen LogP contribution in [0.15, 0.2) is 78.5 Å². The molecule has 3 aromatic rings. The Morgan fingerprint density at radius 2 is 1.52 bits per heavy atom. The SMILES string of the molecule is O=C1C(Nc2ccc(F)cc2)=C(c2ccc([N+](=O)[O-])cc2)C(=O)N1c1cccc(F)c1. The van der Waals surface area contributed by atoms with Gasteiger partial charge in [0.05, 0.1) is 16.2 Å². The molecule has 0 spiro atoms. The second kappa shape index (κ2) is 7.79. The number of benzene rings is 3. The van der Waals surface area contributed by atoms with E-state index in [0.717, 1.165) is 11.0 Å². The van der Waals surface area contributed by atoms with Gasteiger partial charge in [-0.15, -0.1) is 0 Å². The van der Waals surface area contributed by atoms with Gasteiger partial charge in [0.25, 0.3) is 17.5 Å². The highest BCUT2D eigenvalue weighted by Gasteiger charge is 2.40. The summed E-state index contributed by atoms with van der Waals surface area (Å²) in [5, 5.41) is 13.8. The molecule has 1 N–H and O–H groups in total. The van der Waals surface area contributed by atoms with Crippen molar-refractivity contribution in [1.29, 1.82) is 0 Å². The van der Waals surface area contributed by atoms with E-state index < -0.39 is 28.4 Å². The molecule has 0 aliphatic carbocycles. The Morgan fingerprint density at radius 3 is 2.13 bits per heavy atom. The lowest BCUT2D eigenvalue weighted by molar-refractivity contribution is -0.384. The monoisotopic (exact) mass is 421 g/mol. The lowest BCUT2D eigenvalue weighted by atomic mass is 10.0. The van der Waals surface area contributed by atoms with E-state index >= 15 is 0 Å². The molecule has 0 saturated heterocycles. The molecule has 7 nitrogen and oxygen atoms in total. The molecule has 1 heterocycles. The van der Waals surface area contributed by atoms with Gasteiger partial charge in [0, 0.05) is 17.8 Å². The summed E-state index contributed by atoms with van der Waals surface area (Å²) in [6, 6.07) is 15.2. The molecule has 0 aromatic heterocycles. The molecule has 0 radical (unpaired) electrons. The van der Waals surface area contributed by atoms with Crippen molar-refractivity contribution >= 4 is 34.4 Å². The molecule has 0 unspecified atom stereocenters. The van der Waals surface area contributed by atoms with Gasteiger partial charge >= 0.3 is 0 Å². The van der Waals surface area contributed by atoms with Crippen LogP contribution in [-0.4, -0.2) is 16.7 Å². The van der Waals surface area contributed by atoms with Crippen molar-refractivity contribution in [1.82, 2.24) is 0 Å². The number of halogens is 2. The van der Waals surface area contributed by atoms with Crippen LogP contribution >= 0.6 is 0 Å². The molecule has 1 aliphatic heterocycles. The number of amides is 2. The number of nitro groups is 1. The summed E-state index contributed by atoms with van der Waals surface area (Å²) >= 11 is 0. The fourth-order valence-corrected chi connectivity index (χ4v) is 3.19. The number of carbonyl (C=O) groups excluding carboxylic acids is 2. The Labute approximate surface area is 174 Å². The van der Waals surface area contributed by atoms with Gasteiger partial charge in [-0.2, -0.15) is 0 Å². The minimum atomic E-state index is -0.742. The van der Waals surface area contributed by atoms with E-state index in [4.69, 9.17) is 0 Å². The largest absolute Gasteiger partial charge is 0.350 e. The molecule has 4 rings (SSSR count). The number of rotatable bonds is 5. The van der Waals surface area contributed by atoms with E-state index in [1.807, 2.05) is 0 Å². The van der Waals surface area contributed by atoms with E-state index in [2.05, 4.69) is 5.32 Å². The number of nitro benzene ring substituents is 1. The fourth-order valence-electron chi connectivity index (χ4n) is 3.19. The Balaban J connectivity index is 1.82. The van der Waals surface area contributed by atoms with Crippen molar-refractivity contribution in [2.45, 2.75) is 0 Å². The Hall–Kier alpha value is -4.40. The molecule has 0 atom stereocenters. The molecule has 1 aliphatic rings. The third-order valence-corrected chi connectivity index (χ3v) is 4.63. The van der Waals surface area contributed by atoms with Crippen LogP contribution in [0, 0.1) is 21.7 Å². The molecular weight excluding hydrogens is 408 g/mol. The van der Waals surface area contributed by atoms with Crippen molar-refractivity contribution in [2.24, 2.45) is 0 Å². The first-order valence-electron chi connectivity index (χ1n) is 9.01. The lowest BCUT2D eigenvalue weighted by Gasteiger charge is -2.15. The van der Waals surface area contributed by atoms with Gasteiger partial charge in [-0.05, 0) is 60.2 Å². The number of imide groups is 1. The molecule has 9 heteroatoms. The van der Waals surface area contributed by atoms with Crippen LogP contribution in [0.25, 0.3) is 5.57 Å². The zero-order chi connectivity index (χ0) is 22.1. The van der Waals surface area contributed by atoms with E-state index in [1.165, 1.54) is 66.7 Å². The molecule has 3 aromatic carbocycles. The predicted molar refractivity (Wildman–Crippen MR) is 109 cm³/mol. The minimum absolute atomic E-state index is 0.0327. The Bertz CT molecular complexity index is 1240. The highest BCUT2D eigenvalue weighted by Crippen LogP contribution is 2.34. The standard InChI is InChI=1S/C22H13F2N3O4/c23-14-6-8-16(9-7-14)25-20-19(13-4-10-17(11-5-13)27(30)31)21(28)26(22(20)29)18-3-1-2-15(24)12-18/h1-12,25H. The van der Waals surface area contributed by atoms with Crippen molar-refractivity contribution in [3.8, 4) is 0 Å². The third-order valence-electron chi connectivity index (χ3n) is 4.63.